The molecule has 7 nitrogen and oxygen atoms in total. The van der Waals surface area contributed by atoms with Gasteiger partial charge in [-0.15, -0.1) is 0 Å². The Morgan fingerprint density at radius 2 is 1.59 bits per heavy atom. The van der Waals surface area contributed by atoms with E-state index in [1.165, 1.54) is 36.4 Å². The van der Waals surface area contributed by atoms with E-state index in [1.54, 1.807) is 17.0 Å². The van der Waals surface area contributed by atoms with Gasteiger partial charge < -0.3 is 24.0 Å². The predicted octanol–water partition coefficient (Wildman–Crippen LogP) is 3.66. The van der Waals surface area contributed by atoms with Crippen molar-refractivity contribution in [1.29, 1.82) is 0 Å². The lowest BCUT2D eigenvalue weighted by Crippen LogP contribution is -2.38. The Bertz CT molecular complexity index is 1090. The number of hydrogen-bond acceptors (Lipinski definition) is 6. The van der Waals surface area contributed by atoms with E-state index in [9.17, 15) is 13.6 Å². The second-order valence-corrected chi connectivity index (χ2v) is 8.46. The molecule has 1 fully saturated rings. The summed E-state index contributed by atoms with van der Waals surface area (Å²) >= 11 is 0. The highest BCUT2D eigenvalue weighted by molar-refractivity contribution is 5.94. The van der Waals surface area contributed by atoms with Gasteiger partial charge in [-0.25, -0.2) is 8.78 Å². The van der Waals surface area contributed by atoms with Crippen LogP contribution >= 0.6 is 0 Å². The van der Waals surface area contributed by atoms with E-state index in [-0.39, 0.29) is 18.3 Å². The fraction of sp³-hybridized carbons (Fsp3) is 0.360. The molecule has 9 heteroatoms. The van der Waals surface area contributed by atoms with Crippen LogP contribution in [0.15, 0.2) is 53.1 Å². The Hall–Kier alpha value is -3.30. The SMILES string of the molecule is CN(C)CCN(Cc1c(-c2ccc(F)cc2)noc1N1CCOCC1)C(=O)c1ccc(F)cc1. The van der Waals surface area contributed by atoms with Gasteiger partial charge in [-0.05, 0) is 62.6 Å². The lowest BCUT2D eigenvalue weighted by molar-refractivity contribution is 0.0731. The first-order chi connectivity index (χ1) is 16.4. The molecule has 0 bridgehead atoms. The van der Waals surface area contributed by atoms with Gasteiger partial charge in [-0.1, -0.05) is 5.16 Å². The minimum atomic E-state index is -0.399. The Balaban J connectivity index is 1.71. The maximum atomic E-state index is 13.6. The summed E-state index contributed by atoms with van der Waals surface area (Å²) in [5.41, 5.74) is 2.39. The molecule has 0 spiro atoms. The van der Waals surface area contributed by atoms with E-state index < -0.39 is 5.82 Å². The fourth-order valence-corrected chi connectivity index (χ4v) is 3.83. The molecule has 4 rings (SSSR count). The molecule has 2 aromatic carbocycles. The lowest BCUT2D eigenvalue weighted by Gasteiger charge is -2.29. The molecule has 180 valence electrons. The van der Waals surface area contributed by atoms with Gasteiger partial charge in [0.2, 0.25) is 5.88 Å². The third kappa shape index (κ3) is 5.60. The molecule has 0 radical (unpaired) electrons. The molecule has 2 heterocycles. The van der Waals surface area contributed by atoms with Crippen molar-refractivity contribution >= 4 is 11.8 Å². The van der Waals surface area contributed by atoms with E-state index >= 15 is 0 Å². The number of aromatic nitrogens is 1. The number of amides is 1. The molecule has 1 saturated heterocycles. The summed E-state index contributed by atoms with van der Waals surface area (Å²) in [6.07, 6.45) is 0. The first-order valence-corrected chi connectivity index (χ1v) is 11.2. The van der Waals surface area contributed by atoms with Crippen LogP contribution in [0, 0.1) is 11.6 Å². The van der Waals surface area contributed by atoms with Crippen LogP contribution in [0.3, 0.4) is 0 Å². The third-order valence-electron chi connectivity index (χ3n) is 5.73. The van der Waals surface area contributed by atoms with Crippen molar-refractivity contribution in [2.24, 2.45) is 0 Å². The summed E-state index contributed by atoms with van der Waals surface area (Å²) in [4.78, 5) is 19.2. The van der Waals surface area contributed by atoms with Crippen molar-refractivity contribution in [2.45, 2.75) is 6.54 Å². The second kappa shape index (κ2) is 10.8. The van der Waals surface area contributed by atoms with Gasteiger partial charge in [0.1, 0.15) is 17.3 Å². The highest BCUT2D eigenvalue weighted by Crippen LogP contribution is 2.33. The second-order valence-electron chi connectivity index (χ2n) is 8.46. The molecule has 0 saturated carbocycles. The molecule has 3 aromatic rings. The maximum absolute atomic E-state index is 13.6. The minimum Gasteiger partial charge on any atom is -0.378 e. The number of ether oxygens (including phenoxy) is 1. The number of likely N-dealkylation sites (N-methyl/N-ethyl adjacent to an activating group) is 1. The minimum absolute atomic E-state index is 0.221. The average Bonchev–Trinajstić information content (AvgIpc) is 3.26. The molecule has 0 atom stereocenters. The fourth-order valence-electron chi connectivity index (χ4n) is 3.83. The number of anilines is 1. The van der Waals surface area contributed by atoms with Crippen molar-refractivity contribution in [1.82, 2.24) is 15.0 Å². The Morgan fingerprint density at radius 3 is 2.21 bits per heavy atom. The summed E-state index contributed by atoms with van der Waals surface area (Å²) in [6.45, 7) is 3.70. The number of carbonyl (C=O) groups is 1. The van der Waals surface area contributed by atoms with Crippen LogP contribution in [0.5, 0.6) is 0 Å². The summed E-state index contributed by atoms with van der Waals surface area (Å²) in [5.74, 6) is -0.393. The monoisotopic (exact) mass is 470 g/mol. The van der Waals surface area contributed by atoms with Crippen molar-refractivity contribution in [3.8, 4) is 11.3 Å². The standard InChI is InChI=1S/C25H28F2N4O3/c1-29(2)11-12-31(24(32)19-5-9-21(27)10-6-19)17-22-23(18-3-7-20(26)8-4-18)28-34-25(22)30-13-15-33-16-14-30/h3-10H,11-17H2,1-2H3. The number of nitrogens with zero attached hydrogens (tertiary/aromatic N) is 4. The van der Waals surface area contributed by atoms with Gasteiger partial charge in [0.15, 0.2) is 0 Å². The first kappa shape index (κ1) is 23.8. The number of carbonyl (C=O) groups excluding carboxylic acids is 1. The zero-order valence-corrected chi connectivity index (χ0v) is 19.3. The van der Waals surface area contributed by atoms with Crippen LogP contribution in [0.4, 0.5) is 14.7 Å². The van der Waals surface area contributed by atoms with Crippen molar-refractivity contribution in [2.75, 3.05) is 58.4 Å². The number of morpholine rings is 1. The summed E-state index contributed by atoms with van der Waals surface area (Å²) in [6, 6.07) is 11.6. The van der Waals surface area contributed by atoms with Crippen LogP contribution in [-0.4, -0.2) is 74.4 Å². The van der Waals surface area contributed by atoms with Gasteiger partial charge in [-0.3, -0.25) is 4.79 Å². The Kier molecular flexibility index (Phi) is 7.54. The zero-order chi connectivity index (χ0) is 24.1. The molecule has 0 N–H and O–H groups in total. The van der Waals surface area contributed by atoms with Gasteiger partial charge in [0, 0.05) is 37.3 Å². The van der Waals surface area contributed by atoms with Crippen molar-refractivity contribution < 1.29 is 22.8 Å². The van der Waals surface area contributed by atoms with E-state index in [0.717, 1.165) is 5.56 Å². The predicted molar refractivity (Wildman–Crippen MR) is 125 cm³/mol. The maximum Gasteiger partial charge on any atom is 0.254 e. The molecular formula is C25H28F2N4O3. The largest absolute Gasteiger partial charge is 0.378 e. The molecule has 1 aliphatic heterocycles. The zero-order valence-electron chi connectivity index (χ0n) is 19.3. The molecule has 0 aliphatic carbocycles. The van der Waals surface area contributed by atoms with Crippen molar-refractivity contribution in [3.63, 3.8) is 0 Å². The molecular weight excluding hydrogens is 442 g/mol. The Morgan fingerprint density at radius 1 is 0.971 bits per heavy atom. The highest BCUT2D eigenvalue weighted by atomic mass is 19.1. The van der Waals surface area contributed by atoms with E-state index in [0.29, 0.717) is 62.1 Å². The van der Waals surface area contributed by atoms with E-state index in [2.05, 4.69) is 5.16 Å². The normalized spacial score (nSPS) is 14.0. The molecule has 1 aliphatic rings. The van der Waals surface area contributed by atoms with Crippen LogP contribution in [0.1, 0.15) is 15.9 Å². The lowest BCUT2D eigenvalue weighted by atomic mass is 10.1. The summed E-state index contributed by atoms with van der Waals surface area (Å²) in [5, 5.41) is 4.31. The number of hydrogen-bond donors (Lipinski definition) is 0. The average molecular weight is 471 g/mol. The molecule has 34 heavy (non-hydrogen) atoms. The first-order valence-electron chi connectivity index (χ1n) is 11.2. The van der Waals surface area contributed by atoms with Crippen LogP contribution in [0.25, 0.3) is 11.3 Å². The third-order valence-corrected chi connectivity index (χ3v) is 5.73. The number of benzene rings is 2. The van der Waals surface area contributed by atoms with E-state index in [1.807, 2.05) is 23.9 Å². The summed E-state index contributed by atoms with van der Waals surface area (Å²) < 4.78 is 38.2. The smallest absolute Gasteiger partial charge is 0.254 e. The Labute approximate surface area is 197 Å². The van der Waals surface area contributed by atoms with Gasteiger partial charge in [0.25, 0.3) is 5.91 Å². The highest BCUT2D eigenvalue weighted by Gasteiger charge is 2.27. The van der Waals surface area contributed by atoms with Crippen LogP contribution in [0.2, 0.25) is 0 Å². The summed E-state index contributed by atoms with van der Waals surface area (Å²) in [7, 11) is 3.87. The van der Waals surface area contributed by atoms with Crippen LogP contribution < -0.4 is 4.90 Å². The van der Waals surface area contributed by atoms with Gasteiger partial charge in [0.05, 0.1) is 25.3 Å². The van der Waals surface area contributed by atoms with Crippen molar-refractivity contribution in [3.05, 3.63) is 71.3 Å². The molecule has 0 unspecified atom stereocenters. The van der Waals surface area contributed by atoms with Gasteiger partial charge >= 0.3 is 0 Å². The van der Waals surface area contributed by atoms with E-state index in [4.69, 9.17) is 9.26 Å². The van der Waals surface area contributed by atoms with Crippen LogP contribution in [-0.2, 0) is 11.3 Å². The molecule has 1 amide bonds. The number of halogens is 2. The number of rotatable bonds is 8. The topological polar surface area (TPSA) is 62.1 Å². The molecule has 1 aromatic heterocycles. The van der Waals surface area contributed by atoms with Gasteiger partial charge in [-0.2, -0.15) is 0 Å². The quantitative estimate of drug-likeness (QED) is 0.501.